The second-order valence-electron chi connectivity index (χ2n) is 1.64. The molecule has 10 heteroatoms. The second kappa shape index (κ2) is 5.39. The molecule has 0 fully saturated rings. The highest BCUT2D eigenvalue weighted by Gasteiger charge is 2.09. The molecule has 0 aromatic carbocycles. The average Bonchev–Trinajstić information content (AvgIpc) is 2.05. The van der Waals surface area contributed by atoms with E-state index < -0.39 is 0 Å². The van der Waals surface area contributed by atoms with Crippen LogP contribution in [0.2, 0.25) is 0 Å². The molecule has 0 atom stereocenters. The van der Waals surface area contributed by atoms with Gasteiger partial charge in [-0.05, 0) is 0 Å². The van der Waals surface area contributed by atoms with E-state index in [0.29, 0.717) is 10.2 Å². The molecule has 0 aromatic rings. The Kier molecular flexibility index (Phi) is 4.45. The third-order valence-electron chi connectivity index (χ3n) is 0.823. The normalized spacial score (nSPS) is 9.46. The summed E-state index contributed by atoms with van der Waals surface area (Å²) in [7, 11) is 0. The Morgan fingerprint density at radius 2 is 1.85 bits per heavy atom. The van der Waals surface area contributed by atoms with Crippen LogP contribution in [0.15, 0.2) is 5.10 Å². The van der Waals surface area contributed by atoms with Gasteiger partial charge in [0.1, 0.15) is 0 Å². The molecule has 0 saturated heterocycles. The average molecular weight is 184 g/mol. The molecule has 70 valence electrons. The Labute approximate surface area is 73.6 Å². The number of hydrogen-bond donors (Lipinski definition) is 5. The molecule has 0 amide bonds. The van der Waals surface area contributed by atoms with E-state index in [9.17, 15) is 0 Å². The van der Waals surface area contributed by atoms with E-state index in [0.717, 1.165) is 0 Å². The minimum absolute atomic E-state index is 0.247. The predicted molar refractivity (Wildman–Crippen MR) is 41.2 cm³/mol. The molecule has 0 radical (unpaired) electrons. The van der Waals surface area contributed by atoms with Crippen molar-refractivity contribution in [2.24, 2.45) is 22.6 Å². The third kappa shape index (κ3) is 3.59. The van der Waals surface area contributed by atoms with Crippen LogP contribution in [-0.2, 0) is 0 Å². The quantitative estimate of drug-likeness (QED) is 0.0730. The summed E-state index contributed by atoms with van der Waals surface area (Å²) in [4.78, 5) is 0. The van der Waals surface area contributed by atoms with Gasteiger partial charge in [-0.25, -0.2) is 33.5 Å². The summed E-state index contributed by atoms with van der Waals surface area (Å²) < 4.78 is 0. The minimum Gasteiger partial charge on any atom is -0.230 e. The van der Waals surface area contributed by atoms with E-state index in [2.05, 4.69) is 5.10 Å². The standard InChI is InChI=1S/C3H8N10/c4-1-9-11-3(12(6)7)13(8)10-2-5/h9-10H,6-8H2/b11-3+. The van der Waals surface area contributed by atoms with Crippen LogP contribution >= 0.6 is 0 Å². The van der Waals surface area contributed by atoms with Crippen molar-refractivity contribution < 1.29 is 0 Å². The van der Waals surface area contributed by atoms with Crippen molar-refractivity contribution in [3.8, 4) is 12.4 Å². The van der Waals surface area contributed by atoms with Gasteiger partial charge >= 0.3 is 0 Å². The Bertz CT molecular complexity index is 252. The van der Waals surface area contributed by atoms with E-state index in [-0.39, 0.29) is 5.96 Å². The fraction of sp³-hybridized carbons (Fsp3) is 0. The highest BCUT2D eigenvalue weighted by Crippen LogP contribution is 1.78. The zero-order valence-electron chi connectivity index (χ0n) is 6.47. The number of guanidine groups is 1. The second-order valence-corrected chi connectivity index (χ2v) is 1.64. The van der Waals surface area contributed by atoms with Gasteiger partial charge in [0, 0.05) is 0 Å². The van der Waals surface area contributed by atoms with Gasteiger partial charge in [0.2, 0.25) is 0 Å². The van der Waals surface area contributed by atoms with Crippen LogP contribution < -0.4 is 28.4 Å². The van der Waals surface area contributed by atoms with Crippen molar-refractivity contribution >= 4 is 5.96 Å². The van der Waals surface area contributed by atoms with Crippen molar-refractivity contribution in [3.05, 3.63) is 0 Å². The molecule has 0 heterocycles. The lowest BCUT2D eigenvalue weighted by Crippen LogP contribution is -2.58. The predicted octanol–water partition coefficient (Wildman–Crippen LogP) is -3.46. The lowest BCUT2D eigenvalue weighted by molar-refractivity contribution is 0.296. The summed E-state index contributed by atoms with van der Waals surface area (Å²) in [6, 6.07) is 0. The molecular weight excluding hydrogens is 176 g/mol. The Morgan fingerprint density at radius 3 is 2.23 bits per heavy atom. The Hall–Kier alpha value is -2.27. The minimum atomic E-state index is -0.247. The first kappa shape index (κ1) is 10.7. The van der Waals surface area contributed by atoms with E-state index in [1.165, 1.54) is 12.4 Å². The highest BCUT2D eigenvalue weighted by molar-refractivity contribution is 5.77. The van der Waals surface area contributed by atoms with Crippen molar-refractivity contribution in [2.75, 3.05) is 0 Å². The third-order valence-corrected chi connectivity index (χ3v) is 0.823. The maximum Gasteiger partial charge on any atom is 0.283 e. The van der Waals surface area contributed by atoms with E-state index >= 15 is 0 Å². The summed E-state index contributed by atoms with van der Waals surface area (Å²) in [6.45, 7) is 0. The van der Waals surface area contributed by atoms with Crippen LogP contribution in [-0.4, -0.2) is 16.2 Å². The molecule has 0 spiro atoms. The first-order valence-corrected chi connectivity index (χ1v) is 2.84. The van der Waals surface area contributed by atoms with E-state index in [1.54, 1.807) is 0 Å². The number of nitrogens with zero attached hydrogens (tertiary/aromatic N) is 5. The number of nitrogens with one attached hydrogen (secondary N) is 2. The molecule has 0 aliphatic rings. The first-order chi connectivity index (χ1) is 6.13. The van der Waals surface area contributed by atoms with Crippen molar-refractivity contribution in [2.45, 2.75) is 0 Å². The molecule has 0 unspecified atom stereocenters. The monoisotopic (exact) mass is 184 g/mol. The Morgan fingerprint density at radius 1 is 1.23 bits per heavy atom. The molecule has 0 saturated carbocycles. The molecule has 0 aliphatic carbocycles. The highest BCUT2D eigenvalue weighted by atomic mass is 15.8. The van der Waals surface area contributed by atoms with Gasteiger partial charge in [0.15, 0.2) is 12.4 Å². The molecule has 0 aromatic heterocycles. The van der Waals surface area contributed by atoms with E-state index in [4.69, 9.17) is 28.1 Å². The van der Waals surface area contributed by atoms with E-state index in [1.807, 2.05) is 10.9 Å². The summed E-state index contributed by atoms with van der Waals surface area (Å²) >= 11 is 0. The fourth-order valence-electron chi connectivity index (χ4n) is 0.415. The lowest BCUT2D eigenvalue weighted by Gasteiger charge is -2.21. The van der Waals surface area contributed by atoms with Gasteiger partial charge in [0.05, 0.1) is 0 Å². The van der Waals surface area contributed by atoms with Crippen LogP contribution in [0.5, 0.6) is 0 Å². The number of hydrogen-bond acceptors (Lipinski definition) is 8. The van der Waals surface area contributed by atoms with Crippen molar-refractivity contribution in [1.82, 2.24) is 21.1 Å². The zero-order chi connectivity index (χ0) is 10.3. The maximum atomic E-state index is 8.17. The van der Waals surface area contributed by atoms with Crippen LogP contribution in [0.1, 0.15) is 0 Å². The van der Waals surface area contributed by atoms with Crippen LogP contribution in [0.25, 0.3) is 0 Å². The smallest absolute Gasteiger partial charge is 0.230 e. The van der Waals surface area contributed by atoms with Gasteiger partial charge in [-0.1, -0.05) is 0 Å². The molecule has 0 rings (SSSR count). The number of hydrazine groups is 4. The number of nitriles is 2. The molecule has 0 bridgehead atoms. The summed E-state index contributed by atoms with van der Waals surface area (Å²) in [5, 5.41) is 20.7. The number of rotatable bonds is 2. The summed E-state index contributed by atoms with van der Waals surface area (Å²) in [6.07, 6.45) is 2.98. The number of nitrogens with two attached hydrogens (primary N) is 3. The van der Waals surface area contributed by atoms with Gasteiger partial charge in [-0.15, -0.1) is 5.10 Å². The fourth-order valence-corrected chi connectivity index (χ4v) is 0.415. The summed E-state index contributed by atoms with van der Waals surface area (Å²) in [5.74, 6) is 15.1. The Balaban J connectivity index is 4.44. The lowest BCUT2D eigenvalue weighted by atomic mass is 11.0. The SMILES string of the molecule is N#CN/N=C(\N(N)N)N(N)NC#N. The maximum absolute atomic E-state index is 8.17. The van der Waals surface area contributed by atoms with Crippen LogP contribution in [0, 0.1) is 22.9 Å². The van der Waals surface area contributed by atoms with Gasteiger partial charge in [-0.3, -0.25) is 0 Å². The van der Waals surface area contributed by atoms with Gasteiger partial charge < -0.3 is 0 Å². The van der Waals surface area contributed by atoms with Crippen LogP contribution in [0.4, 0.5) is 0 Å². The van der Waals surface area contributed by atoms with Crippen LogP contribution in [0.3, 0.4) is 0 Å². The summed E-state index contributed by atoms with van der Waals surface area (Å²) in [5.41, 5.74) is 3.86. The topological polar surface area (TPSA) is 169 Å². The van der Waals surface area contributed by atoms with Crippen molar-refractivity contribution in [1.29, 1.82) is 10.5 Å². The van der Waals surface area contributed by atoms with Gasteiger partial charge in [-0.2, -0.15) is 15.6 Å². The van der Waals surface area contributed by atoms with Gasteiger partial charge in [0.25, 0.3) is 5.96 Å². The first-order valence-electron chi connectivity index (χ1n) is 2.84. The molecule has 13 heavy (non-hydrogen) atoms. The molecule has 10 nitrogen and oxygen atoms in total. The molecule has 0 aliphatic heterocycles. The van der Waals surface area contributed by atoms with Crippen molar-refractivity contribution in [3.63, 3.8) is 0 Å². The zero-order valence-corrected chi connectivity index (χ0v) is 6.47. The molecular formula is C3H8N10. The molecule has 8 N–H and O–H groups in total. The number of hydrazone groups is 1. The largest absolute Gasteiger partial charge is 0.283 e.